The molecule has 0 fully saturated rings. The maximum atomic E-state index is 6.30. The molecular weight excluding hydrogens is 250 g/mol. The maximum absolute atomic E-state index is 6.30. The van der Waals surface area contributed by atoms with Crippen molar-refractivity contribution in [2.45, 2.75) is 46.2 Å². The predicted molar refractivity (Wildman–Crippen MR) is 75.3 cm³/mol. The summed E-state index contributed by atoms with van der Waals surface area (Å²) < 4.78 is 7.21. The van der Waals surface area contributed by atoms with Crippen molar-refractivity contribution in [2.75, 3.05) is 20.3 Å². The van der Waals surface area contributed by atoms with Crippen LogP contribution in [-0.2, 0) is 17.7 Å². The van der Waals surface area contributed by atoms with E-state index < -0.39 is 0 Å². The van der Waals surface area contributed by atoms with Crippen LogP contribution in [0.2, 0.25) is 5.02 Å². The molecule has 0 aliphatic heterocycles. The molecule has 0 saturated carbocycles. The lowest BCUT2D eigenvalue weighted by molar-refractivity contribution is 0.163. The molecule has 0 aliphatic carbocycles. The van der Waals surface area contributed by atoms with Gasteiger partial charge in [0.05, 0.1) is 23.0 Å². The highest BCUT2D eigenvalue weighted by Crippen LogP contribution is 2.22. The van der Waals surface area contributed by atoms with Crippen molar-refractivity contribution in [2.24, 2.45) is 0 Å². The smallest absolute Gasteiger partial charge is 0.0847 e. The van der Waals surface area contributed by atoms with Crippen molar-refractivity contribution in [3.05, 3.63) is 16.4 Å². The molecule has 4 nitrogen and oxygen atoms in total. The first-order valence-electron chi connectivity index (χ1n) is 6.58. The van der Waals surface area contributed by atoms with Crippen molar-refractivity contribution < 1.29 is 4.74 Å². The fourth-order valence-corrected chi connectivity index (χ4v) is 2.38. The van der Waals surface area contributed by atoms with Crippen LogP contribution in [0.4, 0.5) is 0 Å². The van der Waals surface area contributed by atoms with Gasteiger partial charge in [0.15, 0.2) is 0 Å². The first-order valence-corrected chi connectivity index (χ1v) is 6.95. The van der Waals surface area contributed by atoms with Gasteiger partial charge in [-0.3, -0.25) is 4.68 Å². The van der Waals surface area contributed by atoms with Crippen molar-refractivity contribution >= 4 is 11.6 Å². The topological polar surface area (TPSA) is 39.1 Å². The molecule has 1 aromatic rings. The molecule has 0 spiro atoms. The van der Waals surface area contributed by atoms with Crippen LogP contribution in [0.25, 0.3) is 0 Å². The van der Waals surface area contributed by atoms with Crippen LogP contribution in [0.1, 0.15) is 31.7 Å². The molecule has 0 aromatic carbocycles. The van der Waals surface area contributed by atoms with E-state index in [9.17, 15) is 0 Å². The van der Waals surface area contributed by atoms with Gasteiger partial charge in [0.25, 0.3) is 0 Å². The molecule has 104 valence electrons. The van der Waals surface area contributed by atoms with E-state index in [1.54, 1.807) is 7.11 Å². The molecule has 0 aliphatic rings. The molecule has 0 amide bonds. The minimum absolute atomic E-state index is 0.372. The highest BCUT2D eigenvalue weighted by atomic mass is 35.5. The fraction of sp³-hybridized carbons (Fsp3) is 0.769. The molecule has 0 saturated heterocycles. The monoisotopic (exact) mass is 273 g/mol. The Hall–Kier alpha value is -0.580. The van der Waals surface area contributed by atoms with Crippen LogP contribution in [-0.4, -0.2) is 36.1 Å². The summed E-state index contributed by atoms with van der Waals surface area (Å²) in [6.45, 7) is 8.69. The van der Waals surface area contributed by atoms with E-state index in [0.717, 1.165) is 48.9 Å². The van der Waals surface area contributed by atoms with E-state index in [1.807, 2.05) is 11.6 Å². The Morgan fingerprint density at radius 1 is 1.44 bits per heavy atom. The summed E-state index contributed by atoms with van der Waals surface area (Å²) >= 11 is 6.30. The summed E-state index contributed by atoms with van der Waals surface area (Å²) in [7, 11) is 1.73. The zero-order chi connectivity index (χ0) is 13.5. The van der Waals surface area contributed by atoms with Gasteiger partial charge in [-0.15, -0.1) is 0 Å². The number of rotatable bonds is 8. The van der Waals surface area contributed by atoms with Gasteiger partial charge in [0.1, 0.15) is 0 Å². The van der Waals surface area contributed by atoms with Crippen LogP contribution in [0.5, 0.6) is 0 Å². The third-order valence-corrected chi connectivity index (χ3v) is 3.53. The van der Waals surface area contributed by atoms with Crippen LogP contribution < -0.4 is 5.32 Å². The number of aryl methyl sites for hydroxylation is 2. The summed E-state index contributed by atoms with van der Waals surface area (Å²) in [6.07, 6.45) is 1.93. The minimum Gasteiger partial charge on any atom is -0.383 e. The Morgan fingerprint density at radius 3 is 2.72 bits per heavy atom. The highest BCUT2D eigenvalue weighted by molar-refractivity contribution is 6.31. The molecule has 1 N–H and O–H groups in total. The van der Waals surface area contributed by atoms with Gasteiger partial charge >= 0.3 is 0 Å². The zero-order valence-electron chi connectivity index (χ0n) is 11.8. The molecule has 1 rings (SSSR count). The lowest BCUT2D eigenvalue weighted by atomic mass is 10.1. The van der Waals surface area contributed by atoms with Crippen LogP contribution >= 0.6 is 11.6 Å². The van der Waals surface area contributed by atoms with Gasteiger partial charge in [0, 0.05) is 19.7 Å². The summed E-state index contributed by atoms with van der Waals surface area (Å²) in [5.41, 5.74) is 2.05. The van der Waals surface area contributed by atoms with Gasteiger partial charge in [-0.2, -0.15) is 5.10 Å². The average Bonchev–Trinajstić information content (AvgIpc) is 2.63. The second-order valence-electron chi connectivity index (χ2n) is 4.41. The summed E-state index contributed by atoms with van der Waals surface area (Å²) in [4.78, 5) is 0. The maximum Gasteiger partial charge on any atom is 0.0847 e. The van der Waals surface area contributed by atoms with E-state index >= 15 is 0 Å². The standard InChI is InChI=1S/C13H24ClN3O/c1-5-15-11(9-18-4)7-8-12-13(14)10(3)16-17(12)6-2/h11,15H,5-9H2,1-4H3. The van der Waals surface area contributed by atoms with Gasteiger partial charge in [0.2, 0.25) is 0 Å². The summed E-state index contributed by atoms with van der Waals surface area (Å²) in [6, 6.07) is 0.372. The zero-order valence-corrected chi connectivity index (χ0v) is 12.5. The SMILES string of the molecule is CCNC(CCc1c(Cl)c(C)nn1CC)COC. The number of aromatic nitrogens is 2. The first-order chi connectivity index (χ1) is 8.63. The second kappa shape index (κ2) is 7.77. The quantitative estimate of drug-likeness (QED) is 0.791. The van der Waals surface area contributed by atoms with E-state index in [4.69, 9.17) is 16.3 Å². The summed E-state index contributed by atoms with van der Waals surface area (Å²) in [5, 5.41) is 8.66. The molecular formula is C13H24ClN3O. The van der Waals surface area contributed by atoms with Crippen LogP contribution in [0, 0.1) is 6.92 Å². The molecule has 0 bridgehead atoms. The largest absolute Gasteiger partial charge is 0.383 e. The molecule has 1 aromatic heterocycles. The third-order valence-electron chi connectivity index (χ3n) is 3.04. The first kappa shape index (κ1) is 15.5. The summed E-state index contributed by atoms with van der Waals surface area (Å²) in [5.74, 6) is 0. The Kier molecular flexibility index (Phi) is 6.68. The number of likely N-dealkylation sites (N-methyl/N-ethyl adjacent to an activating group) is 1. The van der Waals surface area contributed by atoms with Crippen LogP contribution in [0.15, 0.2) is 0 Å². The number of ether oxygens (including phenoxy) is 1. The van der Waals surface area contributed by atoms with Crippen molar-refractivity contribution in [3.8, 4) is 0 Å². The van der Waals surface area contributed by atoms with Crippen molar-refractivity contribution in [1.82, 2.24) is 15.1 Å². The van der Waals surface area contributed by atoms with Gasteiger partial charge in [-0.25, -0.2) is 0 Å². The number of hydrogen-bond donors (Lipinski definition) is 1. The van der Waals surface area contributed by atoms with E-state index in [1.165, 1.54) is 0 Å². The van der Waals surface area contributed by atoms with Crippen molar-refractivity contribution in [3.63, 3.8) is 0 Å². The predicted octanol–water partition coefficient (Wildman–Crippen LogP) is 2.42. The Labute approximate surface area is 115 Å². The van der Waals surface area contributed by atoms with Gasteiger partial charge < -0.3 is 10.1 Å². The molecule has 1 heterocycles. The second-order valence-corrected chi connectivity index (χ2v) is 4.79. The van der Waals surface area contributed by atoms with E-state index in [2.05, 4.69) is 24.3 Å². The normalized spacial score (nSPS) is 12.9. The number of hydrogen-bond acceptors (Lipinski definition) is 3. The number of halogens is 1. The van der Waals surface area contributed by atoms with Crippen molar-refractivity contribution in [1.29, 1.82) is 0 Å². The van der Waals surface area contributed by atoms with Gasteiger partial charge in [-0.05, 0) is 33.2 Å². The van der Waals surface area contributed by atoms with E-state index in [-0.39, 0.29) is 0 Å². The minimum atomic E-state index is 0.372. The fourth-order valence-electron chi connectivity index (χ4n) is 2.15. The molecule has 1 unspecified atom stereocenters. The third kappa shape index (κ3) is 3.97. The molecule has 5 heteroatoms. The molecule has 18 heavy (non-hydrogen) atoms. The number of nitrogens with one attached hydrogen (secondary N) is 1. The highest BCUT2D eigenvalue weighted by Gasteiger charge is 2.14. The van der Waals surface area contributed by atoms with Gasteiger partial charge in [-0.1, -0.05) is 18.5 Å². The lowest BCUT2D eigenvalue weighted by Gasteiger charge is -2.17. The Bertz CT molecular complexity index is 359. The molecule has 0 radical (unpaired) electrons. The molecule has 1 atom stereocenters. The van der Waals surface area contributed by atoms with Crippen LogP contribution in [0.3, 0.4) is 0 Å². The number of methoxy groups -OCH3 is 1. The average molecular weight is 274 g/mol. The Morgan fingerprint density at radius 2 is 2.17 bits per heavy atom. The Balaban J connectivity index is 2.66. The lowest BCUT2D eigenvalue weighted by Crippen LogP contribution is -2.33. The number of nitrogens with zero attached hydrogens (tertiary/aromatic N) is 2. The van der Waals surface area contributed by atoms with E-state index in [0.29, 0.717) is 6.04 Å².